The molecule has 1 aliphatic rings. The van der Waals surface area contributed by atoms with Crippen molar-refractivity contribution >= 4 is 34.2 Å². The smallest absolute Gasteiger partial charge is 0.325 e. The number of carboxylic acid groups (broad SMARTS) is 1. The highest BCUT2D eigenvalue weighted by atomic mass is 35.5. The molecule has 5 nitrogen and oxygen atoms in total. The van der Waals surface area contributed by atoms with Crippen LogP contribution in [-0.4, -0.2) is 47.1 Å². The van der Waals surface area contributed by atoms with E-state index in [0.29, 0.717) is 13.1 Å². The zero-order valence-electron chi connectivity index (χ0n) is 15.2. The number of halogens is 1. The molecule has 0 unspecified atom stereocenters. The maximum atomic E-state index is 12.1. The third-order valence-electron chi connectivity index (χ3n) is 5.27. The number of aromatic amines is 1. The number of nitrogens with zero attached hydrogens (tertiary/aromatic N) is 2. The molecule has 1 saturated heterocycles. The maximum absolute atomic E-state index is 12.1. The van der Waals surface area contributed by atoms with Gasteiger partial charge in [-0.1, -0.05) is 23.2 Å². The molecule has 140 valence electrons. The Labute approximate surface area is 163 Å². The lowest BCUT2D eigenvalue weighted by atomic mass is 10.0. The molecule has 0 amide bonds. The number of benzene rings is 2. The van der Waals surface area contributed by atoms with Crippen molar-refractivity contribution in [2.24, 2.45) is 0 Å². The number of piperazine rings is 1. The van der Waals surface area contributed by atoms with Crippen LogP contribution in [0.4, 0.5) is 5.69 Å². The number of aryl methyl sites for hydroxylation is 1. The van der Waals surface area contributed by atoms with E-state index in [1.807, 2.05) is 49.5 Å². The number of H-pyrrole nitrogens is 1. The lowest BCUT2D eigenvalue weighted by Gasteiger charge is -2.38. The van der Waals surface area contributed by atoms with Gasteiger partial charge >= 0.3 is 5.97 Å². The van der Waals surface area contributed by atoms with Crippen molar-refractivity contribution in [1.82, 2.24) is 9.88 Å². The van der Waals surface area contributed by atoms with Crippen LogP contribution in [0.5, 0.6) is 0 Å². The fraction of sp³-hybridized carbons (Fsp3) is 0.286. The van der Waals surface area contributed by atoms with Crippen LogP contribution in [0.15, 0.2) is 48.7 Å². The molecule has 3 aromatic rings. The van der Waals surface area contributed by atoms with Crippen LogP contribution in [0.2, 0.25) is 5.02 Å². The Morgan fingerprint density at radius 2 is 1.81 bits per heavy atom. The first kappa shape index (κ1) is 17.9. The van der Waals surface area contributed by atoms with Gasteiger partial charge in [-0.2, -0.15) is 0 Å². The van der Waals surface area contributed by atoms with E-state index in [-0.39, 0.29) is 0 Å². The monoisotopic (exact) mass is 383 g/mol. The average molecular weight is 384 g/mol. The topological polar surface area (TPSA) is 59.6 Å². The summed E-state index contributed by atoms with van der Waals surface area (Å²) >= 11 is 5.97. The minimum atomic E-state index is -0.808. The Hall–Kier alpha value is -2.50. The van der Waals surface area contributed by atoms with Gasteiger partial charge in [0.2, 0.25) is 0 Å². The quantitative estimate of drug-likeness (QED) is 0.712. The standard InChI is InChI=1S/C21H22ClN3O2/c1-14-2-7-19-17(12-14)18(13-23-19)20(21(26)27)25-10-8-24(9-11-25)16-5-3-15(22)4-6-16/h2-7,12-13,20,23H,8-11H2,1H3,(H,26,27)/t20-/m0/s1. The van der Waals surface area contributed by atoms with Crippen LogP contribution in [0.25, 0.3) is 10.9 Å². The second kappa shape index (κ2) is 7.25. The molecule has 1 aliphatic heterocycles. The predicted molar refractivity (Wildman–Crippen MR) is 109 cm³/mol. The number of carbonyl (C=O) groups is 1. The number of aromatic nitrogens is 1. The summed E-state index contributed by atoms with van der Waals surface area (Å²) in [6, 6.07) is 13.2. The van der Waals surface area contributed by atoms with Gasteiger partial charge < -0.3 is 15.0 Å². The number of rotatable bonds is 4. The lowest BCUT2D eigenvalue weighted by molar-refractivity contribution is -0.143. The maximum Gasteiger partial charge on any atom is 0.325 e. The van der Waals surface area contributed by atoms with Gasteiger partial charge in [-0.3, -0.25) is 9.69 Å². The van der Waals surface area contributed by atoms with Crippen molar-refractivity contribution in [3.8, 4) is 0 Å². The number of hydrogen-bond donors (Lipinski definition) is 2. The third-order valence-corrected chi connectivity index (χ3v) is 5.52. The van der Waals surface area contributed by atoms with Crippen molar-refractivity contribution in [3.63, 3.8) is 0 Å². The fourth-order valence-corrected chi connectivity index (χ4v) is 3.98. The van der Waals surface area contributed by atoms with Crippen molar-refractivity contribution in [1.29, 1.82) is 0 Å². The summed E-state index contributed by atoms with van der Waals surface area (Å²) in [5.41, 5.74) is 4.05. The fourth-order valence-electron chi connectivity index (χ4n) is 3.86. The largest absolute Gasteiger partial charge is 0.480 e. The first-order chi connectivity index (χ1) is 13.0. The summed E-state index contributed by atoms with van der Waals surface area (Å²) in [7, 11) is 0. The van der Waals surface area contributed by atoms with Crippen LogP contribution in [-0.2, 0) is 4.79 Å². The van der Waals surface area contributed by atoms with Gasteiger partial charge in [0.15, 0.2) is 0 Å². The molecule has 1 fully saturated rings. The van der Waals surface area contributed by atoms with Crippen molar-refractivity contribution in [2.45, 2.75) is 13.0 Å². The molecule has 27 heavy (non-hydrogen) atoms. The lowest BCUT2D eigenvalue weighted by Crippen LogP contribution is -2.49. The van der Waals surface area contributed by atoms with Crippen LogP contribution >= 0.6 is 11.6 Å². The number of carboxylic acids is 1. The first-order valence-corrected chi connectivity index (χ1v) is 9.46. The van der Waals surface area contributed by atoms with E-state index in [1.165, 1.54) is 0 Å². The molecule has 1 aromatic heterocycles. The number of fused-ring (bicyclic) bond motifs is 1. The summed E-state index contributed by atoms with van der Waals surface area (Å²) < 4.78 is 0. The molecule has 0 bridgehead atoms. The van der Waals surface area contributed by atoms with Crippen LogP contribution in [0.3, 0.4) is 0 Å². The molecule has 2 N–H and O–H groups in total. The second-order valence-corrected chi connectivity index (χ2v) is 7.47. The third kappa shape index (κ3) is 3.53. The highest BCUT2D eigenvalue weighted by Gasteiger charge is 2.32. The van der Waals surface area contributed by atoms with Crippen LogP contribution in [0.1, 0.15) is 17.2 Å². The molecule has 0 aliphatic carbocycles. The molecular formula is C21H22ClN3O2. The minimum absolute atomic E-state index is 0.645. The minimum Gasteiger partial charge on any atom is -0.480 e. The van der Waals surface area contributed by atoms with Crippen LogP contribution < -0.4 is 4.90 Å². The molecule has 2 aromatic carbocycles. The summed E-state index contributed by atoms with van der Waals surface area (Å²) in [4.78, 5) is 19.7. The van der Waals surface area contributed by atoms with Gasteiger partial charge in [-0.05, 0) is 43.3 Å². The summed E-state index contributed by atoms with van der Waals surface area (Å²) in [5, 5.41) is 11.7. The van der Waals surface area contributed by atoms with Crippen molar-refractivity contribution < 1.29 is 9.90 Å². The molecule has 6 heteroatoms. The zero-order valence-corrected chi connectivity index (χ0v) is 15.9. The summed E-state index contributed by atoms with van der Waals surface area (Å²) in [6.07, 6.45) is 1.84. The highest BCUT2D eigenvalue weighted by molar-refractivity contribution is 6.30. The molecule has 4 rings (SSSR count). The van der Waals surface area contributed by atoms with E-state index in [1.54, 1.807) is 0 Å². The van der Waals surface area contributed by atoms with E-state index in [2.05, 4.69) is 20.9 Å². The highest BCUT2D eigenvalue weighted by Crippen LogP contribution is 2.31. The molecule has 2 heterocycles. The Kier molecular flexibility index (Phi) is 4.81. The van der Waals surface area contributed by atoms with Gasteiger partial charge in [-0.25, -0.2) is 0 Å². The van der Waals surface area contributed by atoms with Gasteiger partial charge in [0, 0.05) is 59.6 Å². The van der Waals surface area contributed by atoms with Gasteiger partial charge in [0.1, 0.15) is 6.04 Å². The van der Waals surface area contributed by atoms with E-state index >= 15 is 0 Å². The molecule has 0 spiro atoms. The normalized spacial score (nSPS) is 16.6. The number of anilines is 1. The van der Waals surface area contributed by atoms with E-state index < -0.39 is 12.0 Å². The molecule has 0 saturated carbocycles. The molecular weight excluding hydrogens is 362 g/mol. The molecule has 0 radical (unpaired) electrons. The number of aliphatic carboxylic acids is 1. The average Bonchev–Trinajstić information content (AvgIpc) is 3.06. The number of nitrogens with one attached hydrogen (secondary N) is 1. The first-order valence-electron chi connectivity index (χ1n) is 9.08. The SMILES string of the molecule is Cc1ccc2[nH]cc([C@@H](C(=O)O)N3CCN(c4ccc(Cl)cc4)CC3)c2c1. The van der Waals surface area contributed by atoms with Gasteiger partial charge in [0.25, 0.3) is 0 Å². The molecule has 1 atom stereocenters. The van der Waals surface area contributed by atoms with Crippen LogP contribution in [0, 0.1) is 6.92 Å². The summed E-state index contributed by atoms with van der Waals surface area (Å²) in [5.74, 6) is -0.808. The van der Waals surface area contributed by atoms with E-state index in [9.17, 15) is 9.90 Å². The second-order valence-electron chi connectivity index (χ2n) is 7.03. The van der Waals surface area contributed by atoms with E-state index in [0.717, 1.165) is 45.8 Å². The van der Waals surface area contributed by atoms with E-state index in [4.69, 9.17) is 11.6 Å². The Morgan fingerprint density at radius 1 is 1.11 bits per heavy atom. The zero-order chi connectivity index (χ0) is 19.0. The van der Waals surface area contributed by atoms with Crippen molar-refractivity contribution in [3.05, 3.63) is 64.8 Å². The van der Waals surface area contributed by atoms with Crippen molar-refractivity contribution in [2.75, 3.05) is 31.1 Å². The van der Waals surface area contributed by atoms with Gasteiger partial charge in [-0.15, -0.1) is 0 Å². The van der Waals surface area contributed by atoms with Gasteiger partial charge in [0.05, 0.1) is 0 Å². The Morgan fingerprint density at radius 3 is 2.48 bits per heavy atom. The number of hydrogen-bond acceptors (Lipinski definition) is 3. The Balaban J connectivity index is 1.56. The Bertz CT molecular complexity index is 959. The predicted octanol–water partition coefficient (Wildman–Crippen LogP) is 4.08. The summed E-state index contributed by atoms with van der Waals surface area (Å²) in [6.45, 7) is 4.98.